The number of hydrogen-bond acceptors (Lipinski definition) is 6. The molecular weight excluding hydrogens is 443 g/mol. The summed E-state index contributed by atoms with van der Waals surface area (Å²) >= 11 is 0. The summed E-state index contributed by atoms with van der Waals surface area (Å²) in [7, 11) is 2.16. The van der Waals surface area contributed by atoms with Crippen molar-refractivity contribution in [1.82, 2.24) is 19.9 Å². The van der Waals surface area contributed by atoms with Crippen molar-refractivity contribution in [3.63, 3.8) is 0 Å². The second-order valence-corrected chi connectivity index (χ2v) is 8.49. The van der Waals surface area contributed by atoms with Crippen molar-refractivity contribution in [2.75, 3.05) is 50.0 Å². The fourth-order valence-corrected chi connectivity index (χ4v) is 4.11. The molecule has 7 nitrogen and oxygen atoms in total. The van der Waals surface area contributed by atoms with Gasteiger partial charge in [0, 0.05) is 43.6 Å². The molecule has 0 spiro atoms. The molecule has 4 aromatic rings. The van der Waals surface area contributed by atoms with Crippen LogP contribution in [0.5, 0.6) is 11.6 Å². The molecule has 5 rings (SSSR count). The minimum Gasteiger partial charge on any atom is -0.438 e. The number of fused-ring (bicyclic) bond motifs is 1. The van der Waals surface area contributed by atoms with E-state index in [0.717, 1.165) is 42.8 Å². The van der Waals surface area contributed by atoms with E-state index in [1.54, 1.807) is 19.1 Å². The van der Waals surface area contributed by atoms with Gasteiger partial charge in [-0.1, -0.05) is 18.1 Å². The van der Waals surface area contributed by atoms with Crippen LogP contribution in [0.3, 0.4) is 0 Å². The Morgan fingerprint density at radius 3 is 2.63 bits per heavy atom. The van der Waals surface area contributed by atoms with Gasteiger partial charge in [0.05, 0.1) is 17.6 Å². The minimum atomic E-state index is -0.368. The first-order valence-corrected chi connectivity index (χ1v) is 11.6. The Balaban J connectivity index is 1.37. The summed E-state index contributed by atoms with van der Waals surface area (Å²) in [5.41, 5.74) is 4.21. The molecule has 1 saturated heterocycles. The van der Waals surface area contributed by atoms with Crippen molar-refractivity contribution in [3.8, 4) is 34.7 Å². The lowest BCUT2D eigenvalue weighted by atomic mass is 10.1. The van der Waals surface area contributed by atoms with Crippen LogP contribution in [-0.2, 0) is 0 Å². The Labute approximate surface area is 204 Å². The van der Waals surface area contributed by atoms with Crippen LogP contribution in [0.1, 0.15) is 6.92 Å². The number of piperazine rings is 1. The van der Waals surface area contributed by atoms with Crippen molar-refractivity contribution in [2.24, 2.45) is 0 Å². The van der Waals surface area contributed by atoms with Gasteiger partial charge in [-0.3, -0.25) is 0 Å². The maximum Gasteiger partial charge on any atom is 0.231 e. The predicted octanol–water partition coefficient (Wildman–Crippen LogP) is 4.74. The lowest BCUT2D eigenvalue weighted by Gasteiger charge is -2.34. The molecule has 2 N–H and O–H groups in total. The van der Waals surface area contributed by atoms with E-state index in [1.165, 1.54) is 18.1 Å². The molecule has 0 bridgehead atoms. The van der Waals surface area contributed by atoms with Crippen molar-refractivity contribution >= 4 is 22.4 Å². The number of benzene rings is 2. The Morgan fingerprint density at radius 1 is 1.06 bits per heavy atom. The summed E-state index contributed by atoms with van der Waals surface area (Å²) in [6.45, 7) is 6.30. The summed E-state index contributed by atoms with van der Waals surface area (Å²) in [4.78, 5) is 16.8. The molecule has 0 radical (unpaired) electrons. The summed E-state index contributed by atoms with van der Waals surface area (Å²) in [5, 5.41) is 3.71. The molecule has 2 aromatic heterocycles. The van der Waals surface area contributed by atoms with E-state index in [9.17, 15) is 4.39 Å². The lowest BCUT2D eigenvalue weighted by molar-refractivity contribution is 0.313. The molecule has 0 unspecified atom stereocenters. The quantitative estimate of drug-likeness (QED) is 0.397. The largest absolute Gasteiger partial charge is 0.438 e. The molecule has 1 fully saturated rings. The number of aromatic amines is 1. The number of likely N-dealkylation sites (N-methyl/N-ethyl adjacent to an activating group) is 1. The van der Waals surface area contributed by atoms with Crippen LogP contribution in [0.15, 0.2) is 54.9 Å². The van der Waals surface area contributed by atoms with E-state index < -0.39 is 0 Å². The molecule has 0 aliphatic carbocycles. The van der Waals surface area contributed by atoms with Crippen molar-refractivity contribution in [1.29, 1.82) is 0 Å². The first-order valence-electron chi connectivity index (χ1n) is 11.6. The molecule has 178 valence electrons. The number of rotatable bonds is 6. The topological polar surface area (TPSA) is 69.3 Å². The monoisotopic (exact) mass is 470 g/mol. The van der Waals surface area contributed by atoms with Gasteiger partial charge in [-0.05, 0) is 49.9 Å². The van der Waals surface area contributed by atoms with E-state index in [4.69, 9.17) is 4.74 Å². The predicted molar refractivity (Wildman–Crippen MR) is 137 cm³/mol. The average molecular weight is 471 g/mol. The summed E-state index contributed by atoms with van der Waals surface area (Å²) in [5.74, 6) is 6.14. The van der Waals surface area contributed by atoms with Crippen LogP contribution in [0.2, 0.25) is 0 Å². The van der Waals surface area contributed by atoms with Gasteiger partial charge in [0.1, 0.15) is 23.5 Å². The third-order valence-electron chi connectivity index (χ3n) is 6.13. The van der Waals surface area contributed by atoms with Gasteiger partial charge in [-0.2, -0.15) is 0 Å². The van der Waals surface area contributed by atoms with Gasteiger partial charge in [0.2, 0.25) is 5.88 Å². The molecule has 1 aliphatic rings. The maximum absolute atomic E-state index is 14.1. The summed E-state index contributed by atoms with van der Waals surface area (Å²) in [6, 6.07) is 15.1. The normalized spacial score (nSPS) is 14.0. The number of nitrogens with zero attached hydrogens (tertiary/aromatic N) is 4. The van der Waals surface area contributed by atoms with E-state index in [0.29, 0.717) is 29.5 Å². The fraction of sp³-hybridized carbons (Fsp3) is 0.259. The van der Waals surface area contributed by atoms with Gasteiger partial charge in [-0.15, -0.1) is 5.92 Å². The van der Waals surface area contributed by atoms with Gasteiger partial charge < -0.3 is 24.8 Å². The zero-order chi connectivity index (χ0) is 24.2. The summed E-state index contributed by atoms with van der Waals surface area (Å²) < 4.78 is 20.2. The second-order valence-electron chi connectivity index (χ2n) is 8.49. The number of nitrogens with one attached hydrogen (secondary N) is 2. The number of anilines is 2. The first kappa shape index (κ1) is 22.7. The Morgan fingerprint density at radius 2 is 1.86 bits per heavy atom. The molecule has 0 atom stereocenters. The van der Waals surface area contributed by atoms with Crippen LogP contribution in [0.4, 0.5) is 15.8 Å². The van der Waals surface area contributed by atoms with E-state index in [2.05, 4.69) is 73.2 Å². The molecule has 1 aliphatic heterocycles. The van der Waals surface area contributed by atoms with Crippen LogP contribution in [0.25, 0.3) is 22.3 Å². The van der Waals surface area contributed by atoms with Crippen molar-refractivity contribution in [2.45, 2.75) is 6.92 Å². The third-order valence-corrected chi connectivity index (χ3v) is 6.13. The standard InChI is InChI=1S/C27H27FN6O/c1-3-4-11-29-25-16-21(9-10-23(25)28)35-27-22-17-24(32-26(22)30-18-31-27)19-5-7-20(8-6-19)34-14-12-33(2)13-15-34/h5-10,16-18,29H,11-15H2,1-2H3,(H,30,31,32). The van der Waals surface area contributed by atoms with Crippen LogP contribution >= 0.6 is 0 Å². The molecule has 0 amide bonds. The zero-order valence-corrected chi connectivity index (χ0v) is 19.8. The highest BCUT2D eigenvalue weighted by Crippen LogP contribution is 2.32. The third kappa shape index (κ3) is 5.05. The highest BCUT2D eigenvalue weighted by Gasteiger charge is 2.16. The molecule has 35 heavy (non-hydrogen) atoms. The molecule has 8 heteroatoms. The average Bonchev–Trinajstić information content (AvgIpc) is 3.32. The molecular formula is C27H27FN6O. The number of H-pyrrole nitrogens is 1. The number of ether oxygens (including phenoxy) is 1. The van der Waals surface area contributed by atoms with Crippen LogP contribution in [0, 0.1) is 17.7 Å². The number of hydrogen-bond donors (Lipinski definition) is 2. The molecule has 3 heterocycles. The Kier molecular flexibility index (Phi) is 6.51. The van der Waals surface area contributed by atoms with Gasteiger partial charge >= 0.3 is 0 Å². The smallest absolute Gasteiger partial charge is 0.231 e. The van der Waals surface area contributed by atoms with Gasteiger partial charge in [-0.25, -0.2) is 14.4 Å². The molecule has 0 saturated carbocycles. The van der Waals surface area contributed by atoms with E-state index in [1.807, 2.05) is 6.07 Å². The highest BCUT2D eigenvalue weighted by atomic mass is 19.1. The second kappa shape index (κ2) is 10.0. The number of halogens is 1. The van der Waals surface area contributed by atoms with E-state index >= 15 is 0 Å². The van der Waals surface area contributed by atoms with Crippen LogP contribution in [-0.4, -0.2) is 59.6 Å². The van der Waals surface area contributed by atoms with Crippen molar-refractivity contribution < 1.29 is 9.13 Å². The van der Waals surface area contributed by atoms with E-state index in [-0.39, 0.29) is 5.82 Å². The maximum atomic E-state index is 14.1. The van der Waals surface area contributed by atoms with Gasteiger partial charge in [0.25, 0.3) is 0 Å². The number of aromatic nitrogens is 3. The lowest BCUT2D eigenvalue weighted by Crippen LogP contribution is -2.44. The SMILES string of the molecule is CC#CCNc1cc(Oc2ncnc3[nH]c(-c4ccc(N5CCN(C)CC5)cc4)cc23)ccc1F. The minimum absolute atomic E-state index is 0.325. The molecule has 2 aromatic carbocycles. The Bertz CT molecular complexity index is 1380. The Hall–Kier alpha value is -4.09. The summed E-state index contributed by atoms with van der Waals surface area (Å²) in [6.07, 6.45) is 1.45. The van der Waals surface area contributed by atoms with Gasteiger partial charge in [0.15, 0.2) is 0 Å². The fourth-order valence-electron chi connectivity index (χ4n) is 4.11. The van der Waals surface area contributed by atoms with Crippen molar-refractivity contribution in [3.05, 3.63) is 60.7 Å². The first-order chi connectivity index (χ1) is 17.1. The van der Waals surface area contributed by atoms with Crippen LogP contribution < -0.4 is 15.0 Å². The zero-order valence-electron chi connectivity index (χ0n) is 19.8. The highest BCUT2D eigenvalue weighted by molar-refractivity contribution is 5.87.